The van der Waals surface area contributed by atoms with Gasteiger partial charge in [-0.05, 0) is 50.1 Å². The number of hydrogen-bond donors (Lipinski definition) is 2. The zero-order valence-electron chi connectivity index (χ0n) is 9.31. The Morgan fingerprint density at radius 1 is 1.21 bits per heavy atom. The second-order valence-corrected chi connectivity index (χ2v) is 6.76. The van der Waals surface area contributed by atoms with Crippen LogP contribution in [0.4, 0.5) is 5.69 Å². The van der Waals surface area contributed by atoms with Gasteiger partial charge in [-0.15, -0.1) is 11.3 Å². The quantitative estimate of drug-likeness (QED) is 0.804. The maximum atomic E-state index is 12.0. The Labute approximate surface area is 129 Å². The standard InChI is InChI=1S/C12H7Br2NO3S/c13-7-5-9(19-10(7)14)11(16)15-8-4-2-1-3-6(8)12(17)18/h1-5H,(H,15,16)(H,17,18). The van der Waals surface area contributed by atoms with Crippen LogP contribution in [0.5, 0.6) is 0 Å². The predicted octanol–water partition coefficient (Wildman–Crippen LogP) is 4.22. The van der Waals surface area contributed by atoms with Crippen LogP contribution in [-0.2, 0) is 0 Å². The topological polar surface area (TPSA) is 66.4 Å². The van der Waals surface area contributed by atoms with E-state index in [1.54, 1.807) is 24.3 Å². The van der Waals surface area contributed by atoms with Gasteiger partial charge in [-0.25, -0.2) is 4.79 Å². The maximum Gasteiger partial charge on any atom is 0.337 e. The summed E-state index contributed by atoms with van der Waals surface area (Å²) >= 11 is 7.87. The lowest BCUT2D eigenvalue weighted by atomic mass is 10.2. The third-order valence-electron chi connectivity index (χ3n) is 2.27. The van der Waals surface area contributed by atoms with E-state index >= 15 is 0 Å². The van der Waals surface area contributed by atoms with Gasteiger partial charge in [-0.2, -0.15) is 0 Å². The van der Waals surface area contributed by atoms with Crippen LogP contribution in [0.25, 0.3) is 0 Å². The fraction of sp³-hybridized carbons (Fsp3) is 0. The van der Waals surface area contributed by atoms with Crippen molar-refractivity contribution in [3.63, 3.8) is 0 Å². The number of anilines is 1. The molecule has 1 heterocycles. The number of amides is 1. The fourth-order valence-electron chi connectivity index (χ4n) is 1.42. The first kappa shape index (κ1) is 14.2. The summed E-state index contributed by atoms with van der Waals surface area (Å²) in [4.78, 5) is 23.5. The molecule has 0 atom stereocenters. The molecule has 1 aromatic heterocycles. The average Bonchev–Trinajstić information content (AvgIpc) is 2.70. The highest BCUT2D eigenvalue weighted by atomic mass is 79.9. The Morgan fingerprint density at radius 3 is 2.47 bits per heavy atom. The number of thiophene rings is 1. The van der Waals surface area contributed by atoms with Gasteiger partial charge in [0.25, 0.3) is 5.91 Å². The van der Waals surface area contributed by atoms with Gasteiger partial charge in [0.1, 0.15) is 0 Å². The molecule has 0 aliphatic carbocycles. The average molecular weight is 405 g/mol. The van der Waals surface area contributed by atoms with Crippen molar-refractivity contribution in [3.8, 4) is 0 Å². The Kier molecular flexibility index (Phi) is 4.38. The zero-order chi connectivity index (χ0) is 14.0. The number of carbonyl (C=O) groups excluding carboxylic acids is 1. The van der Waals surface area contributed by atoms with Crippen molar-refractivity contribution in [2.24, 2.45) is 0 Å². The summed E-state index contributed by atoms with van der Waals surface area (Å²) < 4.78 is 1.60. The van der Waals surface area contributed by atoms with Crippen LogP contribution in [0.15, 0.2) is 38.6 Å². The molecule has 0 aliphatic rings. The van der Waals surface area contributed by atoms with Crippen LogP contribution in [0.2, 0.25) is 0 Å². The molecule has 0 saturated carbocycles. The summed E-state index contributed by atoms with van der Waals surface area (Å²) in [5.74, 6) is -1.42. The Balaban J connectivity index is 2.26. The normalized spacial score (nSPS) is 10.2. The summed E-state index contributed by atoms with van der Waals surface area (Å²) in [5, 5.41) is 11.6. The van der Waals surface area contributed by atoms with Gasteiger partial charge in [0, 0.05) is 4.47 Å². The van der Waals surface area contributed by atoms with E-state index in [4.69, 9.17) is 5.11 Å². The number of hydrogen-bond acceptors (Lipinski definition) is 3. The molecular formula is C12H7Br2NO3S. The van der Waals surface area contributed by atoms with Gasteiger partial charge in [0.05, 0.1) is 19.9 Å². The number of halogens is 2. The van der Waals surface area contributed by atoms with E-state index in [1.807, 2.05) is 0 Å². The predicted molar refractivity (Wildman–Crippen MR) is 81.1 cm³/mol. The molecule has 4 nitrogen and oxygen atoms in total. The molecule has 19 heavy (non-hydrogen) atoms. The molecule has 0 aliphatic heterocycles. The van der Waals surface area contributed by atoms with E-state index in [0.29, 0.717) is 4.88 Å². The molecule has 2 rings (SSSR count). The van der Waals surface area contributed by atoms with Gasteiger partial charge in [0.2, 0.25) is 0 Å². The number of carboxylic acid groups (broad SMARTS) is 1. The Bertz CT molecular complexity index is 635. The van der Waals surface area contributed by atoms with Gasteiger partial charge in [0.15, 0.2) is 0 Å². The smallest absolute Gasteiger partial charge is 0.337 e. The van der Waals surface area contributed by atoms with E-state index in [9.17, 15) is 9.59 Å². The molecule has 0 bridgehead atoms. The largest absolute Gasteiger partial charge is 0.478 e. The van der Waals surface area contributed by atoms with E-state index in [0.717, 1.165) is 8.26 Å². The molecular weight excluding hydrogens is 398 g/mol. The lowest BCUT2D eigenvalue weighted by molar-refractivity contribution is 0.0698. The molecule has 1 aromatic carbocycles. The van der Waals surface area contributed by atoms with Crippen molar-refractivity contribution in [1.82, 2.24) is 0 Å². The van der Waals surface area contributed by atoms with E-state index < -0.39 is 5.97 Å². The summed E-state index contributed by atoms with van der Waals surface area (Å²) in [7, 11) is 0. The van der Waals surface area contributed by atoms with Gasteiger partial charge < -0.3 is 10.4 Å². The van der Waals surface area contributed by atoms with Gasteiger partial charge in [-0.3, -0.25) is 4.79 Å². The van der Waals surface area contributed by atoms with Crippen molar-refractivity contribution in [3.05, 3.63) is 49.0 Å². The molecule has 2 N–H and O–H groups in total. The summed E-state index contributed by atoms with van der Waals surface area (Å²) in [5.41, 5.74) is 0.339. The number of para-hydroxylation sites is 1. The third kappa shape index (κ3) is 3.23. The molecule has 0 unspecified atom stereocenters. The highest BCUT2D eigenvalue weighted by Crippen LogP contribution is 2.32. The van der Waals surface area contributed by atoms with Crippen LogP contribution >= 0.6 is 43.2 Å². The van der Waals surface area contributed by atoms with Crippen LogP contribution < -0.4 is 5.32 Å². The number of aromatic carboxylic acids is 1. The lowest BCUT2D eigenvalue weighted by Gasteiger charge is -2.06. The fourth-order valence-corrected chi connectivity index (χ4v) is 3.35. The Morgan fingerprint density at radius 2 is 1.89 bits per heavy atom. The van der Waals surface area contributed by atoms with Crippen molar-refractivity contribution in [2.75, 3.05) is 5.32 Å². The molecule has 0 radical (unpaired) electrons. The number of carbonyl (C=O) groups is 2. The second kappa shape index (κ2) is 5.85. The molecule has 2 aromatic rings. The molecule has 0 saturated heterocycles. The SMILES string of the molecule is O=C(Nc1ccccc1C(=O)O)c1cc(Br)c(Br)s1. The van der Waals surface area contributed by atoms with Crippen LogP contribution in [-0.4, -0.2) is 17.0 Å². The van der Waals surface area contributed by atoms with Crippen LogP contribution in [0.3, 0.4) is 0 Å². The monoisotopic (exact) mass is 403 g/mol. The summed E-state index contributed by atoms with van der Waals surface area (Å²) in [6.07, 6.45) is 0. The number of nitrogens with one attached hydrogen (secondary N) is 1. The zero-order valence-corrected chi connectivity index (χ0v) is 13.3. The van der Waals surface area contributed by atoms with Crippen molar-refractivity contribution in [2.45, 2.75) is 0 Å². The second-order valence-electron chi connectivity index (χ2n) is 3.54. The molecule has 0 fully saturated rings. The van der Waals surface area contributed by atoms with Crippen molar-refractivity contribution in [1.29, 1.82) is 0 Å². The number of carboxylic acids is 1. The minimum Gasteiger partial charge on any atom is -0.478 e. The first-order chi connectivity index (χ1) is 8.99. The van der Waals surface area contributed by atoms with Crippen LogP contribution in [0, 0.1) is 0 Å². The van der Waals surface area contributed by atoms with E-state index in [1.165, 1.54) is 17.4 Å². The minimum atomic E-state index is -1.08. The van der Waals surface area contributed by atoms with Gasteiger partial charge >= 0.3 is 5.97 Å². The molecule has 7 heteroatoms. The molecule has 0 spiro atoms. The Hall–Kier alpha value is -1.18. The van der Waals surface area contributed by atoms with Crippen molar-refractivity contribution < 1.29 is 14.7 Å². The number of benzene rings is 1. The summed E-state index contributed by atoms with van der Waals surface area (Å²) in [6.45, 7) is 0. The van der Waals surface area contributed by atoms with Crippen molar-refractivity contribution >= 4 is 60.8 Å². The van der Waals surface area contributed by atoms with E-state index in [2.05, 4.69) is 37.2 Å². The first-order valence-electron chi connectivity index (χ1n) is 5.07. The van der Waals surface area contributed by atoms with Gasteiger partial charge in [-0.1, -0.05) is 12.1 Å². The minimum absolute atomic E-state index is 0.0607. The highest BCUT2D eigenvalue weighted by Gasteiger charge is 2.15. The maximum absolute atomic E-state index is 12.0. The summed E-state index contributed by atoms with van der Waals surface area (Å²) in [6, 6.07) is 7.95. The first-order valence-corrected chi connectivity index (χ1v) is 7.48. The third-order valence-corrected chi connectivity index (χ3v) is 5.53. The number of rotatable bonds is 3. The highest BCUT2D eigenvalue weighted by molar-refractivity contribution is 9.13. The molecule has 98 valence electrons. The van der Waals surface area contributed by atoms with E-state index in [-0.39, 0.29) is 17.2 Å². The lowest BCUT2D eigenvalue weighted by Crippen LogP contribution is -2.13. The molecule has 1 amide bonds. The van der Waals surface area contributed by atoms with Crippen LogP contribution in [0.1, 0.15) is 20.0 Å².